The van der Waals surface area contributed by atoms with Crippen molar-refractivity contribution in [2.75, 3.05) is 0 Å². The molecule has 2 aromatic carbocycles. The van der Waals surface area contributed by atoms with Crippen LogP contribution in [0.15, 0.2) is 84.3 Å². The Kier molecular flexibility index (Phi) is 7.04. The van der Waals surface area contributed by atoms with Crippen molar-refractivity contribution in [3.63, 3.8) is 0 Å². The zero-order valence-electron chi connectivity index (χ0n) is 17.8. The molecule has 2 heterocycles. The summed E-state index contributed by atoms with van der Waals surface area (Å²) in [5.41, 5.74) is 2.79. The van der Waals surface area contributed by atoms with Gasteiger partial charge in [-0.15, -0.1) is 0 Å². The van der Waals surface area contributed by atoms with Gasteiger partial charge in [-0.1, -0.05) is 53.7 Å². The Morgan fingerprint density at radius 2 is 1.88 bits per heavy atom. The summed E-state index contributed by atoms with van der Waals surface area (Å²) < 4.78 is 13.5. The first-order valence-corrected chi connectivity index (χ1v) is 10.6. The van der Waals surface area contributed by atoms with Gasteiger partial charge in [-0.2, -0.15) is 0 Å². The maximum Gasteiger partial charge on any atom is 0.265 e. The van der Waals surface area contributed by atoms with Crippen LogP contribution >= 0.6 is 0 Å². The third-order valence-electron chi connectivity index (χ3n) is 5.22. The van der Waals surface area contributed by atoms with E-state index in [9.17, 15) is 14.0 Å². The number of nitrogens with one attached hydrogen (secondary N) is 2. The van der Waals surface area contributed by atoms with Gasteiger partial charge in [0.15, 0.2) is 0 Å². The van der Waals surface area contributed by atoms with Crippen molar-refractivity contribution in [3.8, 4) is 0 Å². The Morgan fingerprint density at radius 1 is 1.06 bits per heavy atom. The second-order valence-electron chi connectivity index (χ2n) is 7.68. The molecular formula is C25H23FN4O3. The predicted molar refractivity (Wildman–Crippen MR) is 121 cm³/mol. The molecule has 4 rings (SSSR count). The lowest BCUT2D eigenvalue weighted by Gasteiger charge is -2.20. The summed E-state index contributed by atoms with van der Waals surface area (Å²) in [6.07, 6.45) is 2.93. The second-order valence-corrected chi connectivity index (χ2v) is 7.68. The maximum atomic E-state index is 13.5. The first-order valence-electron chi connectivity index (χ1n) is 10.6. The van der Waals surface area contributed by atoms with Gasteiger partial charge in [-0.3, -0.25) is 14.6 Å². The molecule has 8 heteroatoms. The number of hydrogen-bond acceptors (Lipinski definition) is 5. The molecule has 168 valence electrons. The number of nitrogens with zero attached hydrogens (tertiary/aromatic N) is 2. The quantitative estimate of drug-likeness (QED) is 0.557. The van der Waals surface area contributed by atoms with Crippen molar-refractivity contribution >= 4 is 17.5 Å². The summed E-state index contributed by atoms with van der Waals surface area (Å²) in [6.45, 7) is 0.292. The van der Waals surface area contributed by atoms with Crippen molar-refractivity contribution in [1.82, 2.24) is 15.6 Å². The summed E-state index contributed by atoms with van der Waals surface area (Å²) >= 11 is 0. The number of halogens is 1. The Labute approximate surface area is 190 Å². The number of rotatable bonds is 8. The van der Waals surface area contributed by atoms with E-state index in [0.717, 1.165) is 11.1 Å². The summed E-state index contributed by atoms with van der Waals surface area (Å²) in [5, 5.41) is 9.58. The van der Waals surface area contributed by atoms with Gasteiger partial charge in [0.2, 0.25) is 12.0 Å². The van der Waals surface area contributed by atoms with Crippen LogP contribution in [0.5, 0.6) is 0 Å². The number of oxime groups is 1. The van der Waals surface area contributed by atoms with E-state index in [1.165, 1.54) is 12.1 Å². The zero-order chi connectivity index (χ0) is 23.0. The summed E-state index contributed by atoms with van der Waals surface area (Å²) in [6, 6.07) is 18.2. The smallest absolute Gasteiger partial charge is 0.265 e. The van der Waals surface area contributed by atoms with Gasteiger partial charge in [-0.05, 0) is 29.3 Å². The topological polar surface area (TPSA) is 92.7 Å². The normalized spacial score (nSPS) is 15.8. The Bertz CT molecular complexity index is 1140. The summed E-state index contributed by atoms with van der Waals surface area (Å²) in [7, 11) is 0. The van der Waals surface area contributed by atoms with Gasteiger partial charge in [-0.25, -0.2) is 4.39 Å². The van der Waals surface area contributed by atoms with Gasteiger partial charge in [0, 0.05) is 37.3 Å². The molecule has 1 aromatic heterocycles. The highest BCUT2D eigenvalue weighted by Crippen LogP contribution is 2.18. The predicted octanol–water partition coefficient (Wildman–Crippen LogP) is 2.76. The van der Waals surface area contributed by atoms with Crippen molar-refractivity contribution in [1.29, 1.82) is 0 Å². The number of aromatic nitrogens is 1. The molecule has 1 aliphatic rings. The third-order valence-corrected chi connectivity index (χ3v) is 5.22. The molecule has 33 heavy (non-hydrogen) atoms. The molecule has 0 spiro atoms. The number of carbonyl (C=O) groups is 2. The van der Waals surface area contributed by atoms with E-state index in [-0.39, 0.29) is 12.3 Å². The molecule has 0 fully saturated rings. The minimum absolute atomic E-state index is 0.185. The lowest BCUT2D eigenvalue weighted by atomic mass is 10.0. The fraction of sp³-hybridized carbons (Fsp3) is 0.200. The summed E-state index contributed by atoms with van der Waals surface area (Å²) in [4.78, 5) is 35.2. The van der Waals surface area contributed by atoms with Gasteiger partial charge in [0.25, 0.3) is 5.91 Å². The van der Waals surface area contributed by atoms with E-state index in [1.807, 2.05) is 36.4 Å². The van der Waals surface area contributed by atoms with E-state index in [4.69, 9.17) is 4.84 Å². The van der Waals surface area contributed by atoms with Crippen LogP contribution in [0.25, 0.3) is 0 Å². The Hall–Kier alpha value is -4.07. The van der Waals surface area contributed by atoms with E-state index < -0.39 is 23.9 Å². The Balaban J connectivity index is 1.41. The number of hydrogen-bond donors (Lipinski definition) is 2. The van der Waals surface area contributed by atoms with Crippen LogP contribution in [-0.4, -0.2) is 34.7 Å². The molecule has 2 atom stereocenters. The first-order chi connectivity index (χ1) is 16.1. The van der Waals surface area contributed by atoms with Crippen LogP contribution in [0.3, 0.4) is 0 Å². The maximum absolute atomic E-state index is 13.5. The van der Waals surface area contributed by atoms with Crippen LogP contribution in [-0.2, 0) is 27.4 Å². The average Bonchev–Trinajstić information content (AvgIpc) is 3.34. The van der Waals surface area contributed by atoms with Crippen molar-refractivity contribution < 1.29 is 18.8 Å². The zero-order valence-corrected chi connectivity index (χ0v) is 17.8. The van der Waals surface area contributed by atoms with Crippen LogP contribution in [0.2, 0.25) is 0 Å². The molecule has 0 aliphatic carbocycles. The number of carbonyl (C=O) groups excluding carboxylic acids is 2. The lowest BCUT2D eigenvalue weighted by molar-refractivity contribution is -0.135. The Morgan fingerprint density at radius 3 is 2.64 bits per heavy atom. The van der Waals surface area contributed by atoms with E-state index in [2.05, 4.69) is 20.8 Å². The fourth-order valence-electron chi connectivity index (χ4n) is 3.50. The highest BCUT2D eigenvalue weighted by atomic mass is 19.1. The fourth-order valence-corrected chi connectivity index (χ4v) is 3.50. The van der Waals surface area contributed by atoms with Gasteiger partial charge in [0.1, 0.15) is 11.9 Å². The summed E-state index contributed by atoms with van der Waals surface area (Å²) in [5.74, 6) is -1.17. The molecule has 0 bridgehead atoms. The number of amides is 2. The van der Waals surface area contributed by atoms with Crippen molar-refractivity contribution in [2.24, 2.45) is 5.16 Å². The van der Waals surface area contributed by atoms with Crippen LogP contribution < -0.4 is 10.6 Å². The molecule has 0 saturated carbocycles. The molecule has 0 saturated heterocycles. The van der Waals surface area contributed by atoms with E-state index >= 15 is 0 Å². The highest BCUT2D eigenvalue weighted by molar-refractivity contribution is 6.04. The van der Waals surface area contributed by atoms with Crippen molar-refractivity contribution in [2.45, 2.75) is 31.5 Å². The number of benzene rings is 2. The van der Waals surface area contributed by atoms with Crippen molar-refractivity contribution in [3.05, 3.63) is 102 Å². The standard InChI is InChI=1S/C25H23FN4O3/c26-20-10-4-9-19(13-20)21-14-23(33-30-21)25(32)29-22(12-17-6-2-1-3-7-17)24(31)28-16-18-8-5-11-27-15-18/h1-11,13,15,22-23H,12,14,16H2,(H,28,31)(H,29,32). The van der Waals surface area contributed by atoms with Gasteiger partial charge < -0.3 is 15.5 Å². The van der Waals surface area contributed by atoms with Crippen LogP contribution in [0.1, 0.15) is 23.1 Å². The van der Waals surface area contributed by atoms with Gasteiger partial charge >= 0.3 is 0 Å². The van der Waals surface area contributed by atoms with Crippen LogP contribution in [0, 0.1) is 5.82 Å². The minimum atomic E-state index is -0.896. The molecule has 1 aliphatic heterocycles. The third kappa shape index (κ3) is 6.00. The average molecular weight is 446 g/mol. The number of pyridine rings is 1. The molecule has 2 N–H and O–H groups in total. The molecule has 7 nitrogen and oxygen atoms in total. The molecule has 2 unspecified atom stereocenters. The second kappa shape index (κ2) is 10.5. The monoisotopic (exact) mass is 446 g/mol. The van der Waals surface area contributed by atoms with Gasteiger partial charge in [0.05, 0.1) is 5.71 Å². The lowest BCUT2D eigenvalue weighted by Crippen LogP contribution is -2.50. The minimum Gasteiger partial charge on any atom is -0.382 e. The molecular weight excluding hydrogens is 423 g/mol. The van der Waals surface area contributed by atoms with E-state index in [0.29, 0.717) is 24.2 Å². The van der Waals surface area contributed by atoms with Crippen LogP contribution in [0.4, 0.5) is 4.39 Å². The molecule has 2 amide bonds. The molecule has 0 radical (unpaired) electrons. The molecule has 3 aromatic rings. The van der Waals surface area contributed by atoms with E-state index in [1.54, 1.807) is 30.6 Å². The largest absolute Gasteiger partial charge is 0.382 e. The first kappa shape index (κ1) is 22.1. The SMILES string of the molecule is O=C(NCc1cccnc1)C(Cc1ccccc1)NC(=O)C1CC(c2cccc(F)c2)=NO1. The highest BCUT2D eigenvalue weighted by Gasteiger charge is 2.32.